The van der Waals surface area contributed by atoms with Gasteiger partial charge in [-0.3, -0.25) is 4.79 Å². The molecule has 0 radical (unpaired) electrons. The lowest BCUT2D eigenvalue weighted by atomic mass is 10.2. The Hall–Kier alpha value is -1.75. The molecule has 2 aromatic rings. The number of hydrogen-bond donors (Lipinski definition) is 1. The third-order valence-electron chi connectivity index (χ3n) is 2.97. The number of aryl methyl sites for hydroxylation is 1. The number of nitrogens with one attached hydrogen (secondary N) is 1. The molecule has 6 heteroatoms. The van der Waals surface area contributed by atoms with Crippen LogP contribution < -0.4 is 15.0 Å². The second kappa shape index (κ2) is 7.31. The van der Waals surface area contributed by atoms with Gasteiger partial charge in [0.2, 0.25) is 0 Å². The number of H-pyrrole nitrogens is 1. The van der Waals surface area contributed by atoms with Crippen molar-refractivity contribution in [3.63, 3.8) is 0 Å². The lowest BCUT2D eigenvalue weighted by Gasteiger charge is -2.12. The lowest BCUT2D eigenvalue weighted by molar-refractivity contribution is 0.288. The summed E-state index contributed by atoms with van der Waals surface area (Å²) in [5, 5.41) is 0.497. The molecule has 1 aromatic heterocycles. The monoisotopic (exact) mass is 310 g/mol. The molecule has 0 bridgehead atoms. The second-order valence-corrected chi connectivity index (χ2v) is 4.87. The minimum absolute atomic E-state index is 0.173. The first-order valence-corrected chi connectivity index (χ1v) is 7.61. The molecule has 1 heterocycles. The summed E-state index contributed by atoms with van der Waals surface area (Å²) < 4.78 is 11.1. The van der Waals surface area contributed by atoms with Crippen LogP contribution in [0, 0.1) is 0 Å². The highest BCUT2D eigenvalue weighted by Crippen LogP contribution is 2.30. The number of fused-ring (bicyclic) bond motifs is 1. The Bertz CT molecular complexity index is 670. The fourth-order valence-electron chi connectivity index (χ4n) is 2.08. The van der Waals surface area contributed by atoms with Crippen LogP contribution in [-0.2, 0) is 6.42 Å². The molecule has 0 saturated carbocycles. The van der Waals surface area contributed by atoms with Crippen molar-refractivity contribution in [3.8, 4) is 11.5 Å². The molecule has 114 valence electrons. The topological polar surface area (TPSA) is 64.2 Å². The van der Waals surface area contributed by atoms with Crippen molar-refractivity contribution in [1.82, 2.24) is 9.97 Å². The Morgan fingerprint density at radius 1 is 1.19 bits per heavy atom. The van der Waals surface area contributed by atoms with E-state index in [9.17, 15) is 4.79 Å². The molecule has 5 nitrogen and oxygen atoms in total. The van der Waals surface area contributed by atoms with E-state index in [4.69, 9.17) is 21.1 Å². The number of rotatable bonds is 7. The van der Waals surface area contributed by atoms with Gasteiger partial charge in [0.1, 0.15) is 5.82 Å². The van der Waals surface area contributed by atoms with Crippen molar-refractivity contribution >= 4 is 22.5 Å². The summed E-state index contributed by atoms with van der Waals surface area (Å²) in [6.45, 7) is 4.81. The number of halogens is 1. The molecule has 2 rings (SSSR count). The Labute approximate surface area is 128 Å². The van der Waals surface area contributed by atoms with E-state index < -0.39 is 0 Å². The van der Waals surface area contributed by atoms with Crippen molar-refractivity contribution in [2.75, 3.05) is 19.1 Å². The first-order valence-electron chi connectivity index (χ1n) is 7.08. The molecule has 0 saturated heterocycles. The Morgan fingerprint density at radius 2 is 1.86 bits per heavy atom. The maximum atomic E-state index is 12.2. The largest absolute Gasteiger partial charge is 0.490 e. The predicted molar refractivity (Wildman–Crippen MR) is 83.7 cm³/mol. The van der Waals surface area contributed by atoms with Crippen molar-refractivity contribution in [3.05, 3.63) is 28.3 Å². The van der Waals surface area contributed by atoms with E-state index in [-0.39, 0.29) is 5.56 Å². The summed E-state index contributed by atoms with van der Waals surface area (Å²) in [4.78, 5) is 19.4. The van der Waals surface area contributed by atoms with Gasteiger partial charge in [0.15, 0.2) is 11.5 Å². The molecule has 0 aliphatic carbocycles. The minimum Gasteiger partial charge on any atom is -0.490 e. The fraction of sp³-hybridized carbons (Fsp3) is 0.467. The first-order chi connectivity index (χ1) is 10.2. The molecule has 0 aliphatic rings. The van der Waals surface area contributed by atoms with Crippen LogP contribution in [0.1, 0.15) is 26.1 Å². The third-order valence-corrected chi connectivity index (χ3v) is 3.23. The number of aromatic amines is 1. The molecule has 0 atom stereocenters. The maximum Gasteiger partial charge on any atom is 0.258 e. The van der Waals surface area contributed by atoms with E-state index in [0.29, 0.717) is 53.7 Å². The van der Waals surface area contributed by atoms with Gasteiger partial charge in [0.05, 0.1) is 24.1 Å². The van der Waals surface area contributed by atoms with Gasteiger partial charge in [-0.15, -0.1) is 11.6 Å². The standard InChI is InChI=1S/C15H19ClN2O3/c1-3-20-12-8-10-11(9-13(12)21-4-2)17-14(6-5-7-16)18-15(10)19/h8-9H,3-7H2,1-2H3,(H,17,18,19). The normalized spacial score (nSPS) is 10.8. The fourth-order valence-corrected chi connectivity index (χ4v) is 2.22. The summed E-state index contributed by atoms with van der Waals surface area (Å²) >= 11 is 5.68. The number of ether oxygens (including phenoxy) is 2. The summed E-state index contributed by atoms with van der Waals surface area (Å²) in [6.07, 6.45) is 1.41. The van der Waals surface area contributed by atoms with Crippen LogP contribution >= 0.6 is 11.6 Å². The molecule has 0 unspecified atom stereocenters. The van der Waals surface area contributed by atoms with Crippen LogP contribution in [0.3, 0.4) is 0 Å². The minimum atomic E-state index is -0.173. The molecule has 0 spiro atoms. The highest BCUT2D eigenvalue weighted by atomic mass is 35.5. The van der Waals surface area contributed by atoms with Gasteiger partial charge in [-0.1, -0.05) is 0 Å². The average molecular weight is 311 g/mol. The summed E-state index contributed by atoms with van der Waals surface area (Å²) in [7, 11) is 0. The van der Waals surface area contributed by atoms with Crippen LogP contribution in [0.2, 0.25) is 0 Å². The molecule has 1 aromatic carbocycles. The SMILES string of the molecule is CCOc1cc2nc(CCCCl)[nH]c(=O)c2cc1OCC. The van der Waals surface area contributed by atoms with Crippen molar-refractivity contribution in [2.24, 2.45) is 0 Å². The van der Waals surface area contributed by atoms with E-state index in [1.807, 2.05) is 13.8 Å². The van der Waals surface area contributed by atoms with Crippen LogP contribution in [0.4, 0.5) is 0 Å². The van der Waals surface area contributed by atoms with E-state index >= 15 is 0 Å². The van der Waals surface area contributed by atoms with Gasteiger partial charge in [-0.05, 0) is 26.3 Å². The molecule has 1 N–H and O–H groups in total. The molecule has 0 fully saturated rings. The van der Waals surface area contributed by atoms with E-state index in [2.05, 4.69) is 9.97 Å². The van der Waals surface area contributed by atoms with Gasteiger partial charge in [-0.25, -0.2) is 4.98 Å². The summed E-state index contributed by atoms with van der Waals surface area (Å²) in [5.41, 5.74) is 0.434. The Kier molecular flexibility index (Phi) is 5.44. The summed E-state index contributed by atoms with van der Waals surface area (Å²) in [6, 6.07) is 3.43. The zero-order chi connectivity index (χ0) is 15.2. The first kappa shape index (κ1) is 15.6. The third kappa shape index (κ3) is 3.67. The molecule has 0 aliphatic heterocycles. The van der Waals surface area contributed by atoms with Crippen molar-refractivity contribution in [2.45, 2.75) is 26.7 Å². The van der Waals surface area contributed by atoms with Crippen molar-refractivity contribution < 1.29 is 9.47 Å². The molecular weight excluding hydrogens is 292 g/mol. The average Bonchev–Trinajstić information content (AvgIpc) is 2.47. The second-order valence-electron chi connectivity index (χ2n) is 4.49. The zero-order valence-electron chi connectivity index (χ0n) is 12.2. The number of alkyl halides is 1. The molecule has 0 amide bonds. The maximum absolute atomic E-state index is 12.2. The van der Waals surface area contributed by atoms with E-state index in [1.54, 1.807) is 12.1 Å². The lowest BCUT2D eigenvalue weighted by Crippen LogP contribution is -2.12. The van der Waals surface area contributed by atoms with Gasteiger partial charge in [-0.2, -0.15) is 0 Å². The van der Waals surface area contributed by atoms with E-state index in [1.165, 1.54) is 0 Å². The van der Waals surface area contributed by atoms with Crippen LogP contribution in [0.25, 0.3) is 10.9 Å². The van der Waals surface area contributed by atoms with Crippen LogP contribution in [-0.4, -0.2) is 29.1 Å². The van der Waals surface area contributed by atoms with Gasteiger partial charge in [0.25, 0.3) is 5.56 Å². The number of aromatic nitrogens is 2. The highest BCUT2D eigenvalue weighted by molar-refractivity contribution is 6.17. The predicted octanol–water partition coefficient (Wildman–Crippen LogP) is 2.89. The Morgan fingerprint density at radius 3 is 2.48 bits per heavy atom. The number of benzene rings is 1. The summed E-state index contributed by atoms with van der Waals surface area (Å²) in [5.74, 6) is 2.34. The van der Waals surface area contributed by atoms with Crippen LogP contribution in [0.5, 0.6) is 11.5 Å². The van der Waals surface area contributed by atoms with Gasteiger partial charge in [0, 0.05) is 18.4 Å². The van der Waals surface area contributed by atoms with Crippen LogP contribution in [0.15, 0.2) is 16.9 Å². The molecular formula is C15H19ClN2O3. The molecule has 21 heavy (non-hydrogen) atoms. The number of nitrogens with zero attached hydrogens (tertiary/aromatic N) is 1. The smallest absolute Gasteiger partial charge is 0.258 e. The number of hydrogen-bond acceptors (Lipinski definition) is 4. The van der Waals surface area contributed by atoms with E-state index in [0.717, 1.165) is 6.42 Å². The highest BCUT2D eigenvalue weighted by Gasteiger charge is 2.11. The zero-order valence-corrected chi connectivity index (χ0v) is 13.0. The Balaban J connectivity index is 2.52. The van der Waals surface area contributed by atoms with Gasteiger partial charge < -0.3 is 14.5 Å². The van der Waals surface area contributed by atoms with Crippen molar-refractivity contribution in [1.29, 1.82) is 0 Å². The van der Waals surface area contributed by atoms with Gasteiger partial charge >= 0.3 is 0 Å². The quantitative estimate of drug-likeness (QED) is 0.799.